The van der Waals surface area contributed by atoms with Crippen molar-refractivity contribution in [3.05, 3.63) is 34.3 Å². The molecular weight excluding hydrogens is 274 g/mol. The van der Waals surface area contributed by atoms with Crippen molar-refractivity contribution < 1.29 is 0 Å². The van der Waals surface area contributed by atoms with Crippen molar-refractivity contribution in [2.24, 2.45) is 5.92 Å². The van der Waals surface area contributed by atoms with Crippen LogP contribution in [0.15, 0.2) is 28.7 Å². The lowest BCUT2D eigenvalue weighted by molar-refractivity contribution is 0.172. The summed E-state index contributed by atoms with van der Waals surface area (Å²) in [6.07, 6.45) is 5.55. The SMILES string of the molecule is CCCC1CCN(Cc2ccc(Br)cc2)CC1. The minimum atomic E-state index is 0.987. The maximum atomic E-state index is 3.48. The van der Waals surface area contributed by atoms with E-state index in [1.807, 2.05) is 0 Å². The Hall–Kier alpha value is -0.340. The van der Waals surface area contributed by atoms with E-state index in [-0.39, 0.29) is 0 Å². The molecule has 1 aromatic rings. The predicted molar refractivity (Wildman–Crippen MR) is 77.1 cm³/mol. The topological polar surface area (TPSA) is 3.24 Å². The molecule has 1 heterocycles. The molecule has 0 bridgehead atoms. The maximum Gasteiger partial charge on any atom is 0.0233 e. The Bertz CT molecular complexity index is 325. The Balaban J connectivity index is 1.79. The molecule has 2 heteroatoms. The Morgan fingerprint density at radius 3 is 2.41 bits per heavy atom. The molecular formula is C15H22BrN. The van der Waals surface area contributed by atoms with Crippen molar-refractivity contribution in [3.8, 4) is 0 Å². The first kappa shape index (κ1) is 13.1. The molecule has 2 rings (SSSR count). The molecule has 1 aromatic carbocycles. The van der Waals surface area contributed by atoms with E-state index in [9.17, 15) is 0 Å². The number of halogens is 1. The smallest absolute Gasteiger partial charge is 0.0233 e. The van der Waals surface area contributed by atoms with Gasteiger partial charge in [0.2, 0.25) is 0 Å². The summed E-state index contributed by atoms with van der Waals surface area (Å²) < 4.78 is 1.17. The molecule has 0 aliphatic carbocycles. The van der Waals surface area contributed by atoms with Crippen LogP contribution in [0.5, 0.6) is 0 Å². The maximum absolute atomic E-state index is 3.48. The van der Waals surface area contributed by atoms with Crippen molar-refractivity contribution >= 4 is 15.9 Å². The van der Waals surface area contributed by atoms with Crippen molar-refractivity contribution in [1.29, 1.82) is 0 Å². The molecule has 0 saturated carbocycles. The highest BCUT2D eigenvalue weighted by molar-refractivity contribution is 9.10. The fourth-order valence-electron chi connectivity index (χ4n) is 2.69. The fourth-order valence-corrected chi connectivity index (χ4v) is 2.95. The second-order valence-electron chi connectivity index (χ2n) is 5.13. The second kappa shape index (κ2) is 6.55. The lowest BCUT2D eigenvalue weighted by Gasteiger charge is -2.31. The second-order valence-corrected chi connectivity index (χ2v) is 6.05. The largest absolute Gasteiger partial charge is 0.299 e. The molecule has 1 aliphatic rings. The molecule has 1 aliphatic heterocycles. The van der Waals surface area contributed by atoms with Crippen molar-refractivity contribution in [2.75, 3.05) is 13.1 Å². The Morgan fingerprint density at radius 1 is 1.18 bits per heavy atom. The average molecular weight is 296 g/mol. The number of nitrogens with zero attached hydrogens (tertiary/aromatic N) is 1. The van der Waals surface area contributed by atoms with Gasteiger partial charge >= 0.3 is 0 Å². The van der Waals surface area contributed by atoms with Crippen LogP contribution in [0.4, 0.5) is 0 Å². The van der Waals surface area contributed by atoms with E-state index < -0.39 is 0 Å². The molecule has 0 unspecified atom stereocenters. The van der Waals surface area contributed by atoms with Gasteiger partial charge in [-0.25, -0.2) is 0 Å². The van der Waals surface area contributed by atoms with Crippen molar-refractivity contribution in [2.45, 2.75) is 39.2 Å². The first-order valence-electron chi connectivity index (χ1n) is 6.74. The van der Waals surface area contributed by atoms with E-state index in [0.29, 0.717) is 0 Å². The third kappa shape index (κ3) is 4.11. The molecule has 0 aromatic heterocycles. The van der Waals surface area contributed by atoms with E-state index in [1.165, 1.54) is 48.8 Å². The number of rotatable bonds is 4. The fraction of sp³-hybridized carbons (Fsp3) is 0.600. The van der Waals surface area contributed by atoms with Crippen molar-refractivity contribution in [3.63, 3.8) is 0 Å². The van der Waals surface area contributed by atoms with Crippen LogP contribution in [0.25, 0.3) is 0 Å². The highest BCUT2D eigenvalue weighted by atomic mass is 79.9. The summed E-state index contributed by atoms with van der Waals surface area (Å²) in [4.78, 5) is 2.59. The number of hydrogen-bond donors (Lipinski definition) is 0. The number of hydrogen-bond acceptors (Lipinski definition) is 1. The van der Waals surface area contributed by atoms with E-state index >= 15 is 0 Å². The van der Waals surface area contributed by atoms with Crippen LogP contribution >= 0.6 is 15.9 Å². The zero-order valence-electron chi connectivity index (χ0n) is 10.7. The summed E-state index contributed by atoms with van der Waals surface area (Å²) in [7, 11) is 0. The van der Waals surface area contributed by atoms with Gasteiger partial charge in [-0.05, 0) is 49.5 Å². The molecule has 0 radical (unpaired) electrons. The van der Waals surface area contributed by atoms with Crippen LogP contribution in [0.1, 0.15) is 38.2 Å². The van der Waals surface area contributed by atoms with Crippen LogP contribution in [0, 0.1) is 5.92 Å². The summed E-state index contributed by atoms with van der Waals surface area (Å²) in [5.41, 5.74) is 1.43. The summed E-state index contributed by atoms with van der Waals surface area (Å²) >= 11 is 3.48. The predicted octanol–water partition coefficient (Wildman–Crippen LogP) is 4.46. The Labute approximate surface area is 113 Å². The number of likely N-dealkylation sites (tertiary alicyclic amines) is 1. The third-order valence-corrected chi connectivity index (χ3v) is 4.25. The van der Waals surface area contributed by atoms with Gasteiger partial charge in [0.1, 0.15) is 0 Å². The monoisotopic (exact) mass is 295 g/mol. The van der Waals surface area contributed by atoms with E-state index in [2.05, 4.69) is 52.0 Å². The minimum Gasteiger partial charge on any atom is -0.299 e. The molecule has 1 saturated heterocycles. The summed E-state index contributed by atoms with van der Waals surface area (Å²) in [5, 5.41) is 0. The van der Waals surface area contributed by atoms with Gasteiger partial charge in [0.25, 0.3) is 0 Å². The summed E-state index contributed by atoms with van der Waals surface area (Å²) in [6, 6.07) is 8.72. The van der Waals surface area contributed by atoms with Gasteiger partial charge < -0.3 is 0 Å². The van der Waals surface area contributed by atoms with Gasteiger partial charge in [0.15, 0.2) is 0 Å². The van der Waals surface area contributed by atoms with E-state index in [1.54, 1.807) is 0 Å². The molecule has 0 atom stereocenters. The highest BCUT2D eigenvalue weighted by Gasteiger charge is 2.18. The molecule has 94 valence electrons. The molecule has 0 N–H and O–H groups in total. The van der Waals surface area contributed by atoms with Crippen LogP contribution in [0.2, 0.25) is 0 Å². The van der Waals surface area contributed by atoms with Crippen LogP contribution in [-0.2, 0) is 6.54 Å². The first-order chi connectivity index (χ1) is 8.28. The van der Waals surface area contributed by atoms with Gasteiger partial charge in [0, 0.05) is 11.0 Å². The zero-order valence-corrected chi connectivity index (χ0v) is 12.2. The minimum absolute atomic E-state index is 0.987. The quantitative estimate of drug-likeness (QED) is 0.793. The molecule has 1 nitrogen and oxygen atoms in total. The molecule has 0 amide bonds. The summed E-state index contributed by atoms with van der Waals surface area (Å²) in [6.45, 7) is 5.97. The van der Waals surface area contributed by atoms with Gasteiger partial charge in [-0.1, -0.05) is 47.8 Å². The first-order valence-corrected chi connectivity index (χ1v) is 7.54. The van der Waals surface area contributed by atoms with Crippen LogP contribution in [0.3, 0.4) is 0 Å². The van der Waals surface area contributed by atoms with Gasteiger partial charge in [0.05, 0.1) is 0 Å². The van der Waals surface area contributed by atoms with Crippen LogP contribution < -0.4 is 0 Å². The average Bonchev–Trinajstić information content (AvgIpc) is 2.35. The van der Waals surface area contributed by atoms with Gasteiger partial charge in [-0.15, -0.1) is 0 Å². The van der Waals surface area contributed by atoms with Crippen LogP contribution in [-0.4, -0.2) is 18.0 Å². The van der Waals surface area contributed by atoms with Crippen molar-refractivity contribution in [1.82, 2.24) is 4.90 Å². The lowest BCUT2D eigenvalue weighted by Crippen LogP contribution is -2.33. The highest BCUT2D eigenvalue weighted by Crippen LogP contribution is 2.23. The third-order valence-electron chi connectivity index (χ3n) is 3.72. The number of piperidine rings is 1. The van der Waals surface area contributed by atoms with Gasteiger partial charge in [-0.3, -0.25) is 4.90 Å². The van der Waals surface area contributed by atoms with E-state index in [4.69, 9.17) is 0 Å². The Morgan fingerprint density at radius 2 is 1.82 bits per heavy atom. The number of benzene rings is 1. The summed E-state index contributed by atoms with van der Waals surface area (Å²) in [5.74, 6) is 0.987. The van der Waals surface area contributed by atoms with Gasteiger partial charge in [-0.2, -0.15) is 0 Å². The molecule has 1 fully saturated rings. The zero-order chi connectivity index (χ0) is 12.1. The normalized spacial score (nSPS) is 18.5. The lowest BCUT2D eigenvalue weighted by atomic mass is 9.92. The standard InChI is InChI=1S/C15H22BrN/c1-2-3-13-8-10-17(11-9-13)12-14-4-6-15(16)7-5-14/h4-7,13H,2-3,8-12H2,1H3. The molecule has 0 spiro atoms. The Kier molecular flexibility index (Phi) is 5.05. The molecule has 17 heavy (non-hydrogen) atoms. The van der Waals surface area contributed by atoms with E-state index in [0.717, 1.165) is 12.5 Å².